The normalized spacial score (nSPS) is 16.6. The van der Waals surface area contributed by atoms with Gasteiger partial charge >= 0.3 is 0 Å². The molecule has 128 valence electrons. The van der Waals surface area contributed by atoms with Crippen LogP contribution >= 0.6 is 11.6 Å². The third kappa shape index (κ3) is 3.95. The lowest BCUT2D eigenvalue weighted by Crippen LogP contribution is -2.45. The molecule has 2 N–H and O–H groups in total. The van der Waals surface area contributed by atoms with Crippen molar-refractivity contribution in [3.63, 3.8) is 0 Å². The van der Waals surface area contributed by atoms with Crippen molar-refractivity contribution in [2.45, 2.75) is 6.42 Å². The highest BCUT2D eigenvalue weighted by Gasteiger charge is 2.35. The van der Waals surface area contributed by atoms with Crippen molar-refractivity contribution in [1.29, 1.82) is 0 Å². The Bertz CT molecular complexity index is 813. The summed E-state index contributed by atoms with van der Waals surface area (Å²) in [6, 6.07) is 10.1. The molecular weight excluding hydrogens is 344 g/mol. The van der Waals surface area contributed by atoms with Crippen LogP contribution in [0.15, 0.2) is 48.8 Å². The molecule has 7 nitrogen and oxygen atoms in total. The Hall–Kier alpha value is -2.93. The maximum Gasteiger partial charge on any atom is 0.271 e. The number of aromatic nitrogens is 1. The first-order valence-electron chi connectivity index (χ1n) is 7.61. The first kappa shape index (κ1) is 16.9. The molecule has 3 amide bonds. The van der Waals surface area contributed by atoms with Gasteiger partial charge in [0, 0.05) is 36.1 Å². The summed E-state index contributed by atoms with van der Waals surface area (Å²) in [7, 11) is 0. The molecule has 25 heavy (non-hydrogen) atoms. The van der Waals surface area contributed by atoms with E-state index in [0.717, 1.165) is 0 Å². The van der Waals surface area contributed by atoms with Gasteiger partial charge in [-0.3, -0.25) is 30.2 Å². The standard InChI is InChI=1S/C17H15ClN4O3/c18-13-4-1-5-14(8-13)22-10-12(7-15(22)23)17(25)21-20-16(24)11-3-2-6-19-9-11/h1-6,8-9,12H,7,10H2,(H,20,24)(H,21,25). The van der Waals surface area contributed by atoms with Crippen molar-refractivity contribution in [2.24, 2.45) is 5.92 Å². The highest BCUT2D eigenvalue weighted by Crippen LogP contribution is 2.27. The number of hydrogen-bond donors (Lipinski definition) is 2. The molecule has 8 heteroatoms. The maximum absolute atomic E-state index is 12.2. The molecule has 2 heterocycles. The minimum absolute atomic E-state index is 0.0705. The fourth-order valence-electron chi connectivity index (χ4n) is 2.57. The molecule has 1 saturated heterocycles. The Morgan fingerprint density at radius 2 is 2.04 bits per heavy atom. The second kappa shape index (κ2) is 7.31. The zero-order chi connectivity index (χ0) is 17.8. The van der Waals surface area contributed by atoms with Gasteiger partial charge in [-0.25, -0.2) is 0 Å². The number of hydrogen-bond acceptors (Lipinski definition) is 4. The topological polar surface area (TPSA) is 91.4 Å². The first-order valence-corrected chi connectivity index (χ1v) is 7.98. The third-order valence-corrected chi connectivity index (χ3v) is 4.07. The van der Waals surface area contributed by atoms with Gasteiger partial charge in [0.2, 0.25) is 11.8 Å². The molecule has 0 bridgehead atoms. The molecule has 0 saturated carbocycles. The first-order chi connectivity index (χ1) is 12.0. The Balaban J connectivity index is 1.58. The fraction of sp³-hybridized carbons (Fsp3) is 0.176. The van der Waals surface area contributed by atoms with Crippen molar-refractivity contribution >= 4 is 35.0 Å². The molecule has 3 rings (SSSR count). The minimum Gasteiger partial charge on any atom is -0.312 e. The van der Waals surface area contributed by atoms with E-state index in [2.05, 4.69) is 15.8 Å². The van der Waals surface area contributed by atoms with Crippen molar-refractivity contribution in [3.05, 3.63) is 59.4 Å². The number of anilines is 1. The van der Waals surface area contributed by atoms with E-state index < -0.39 is 17.7 Å². The molecule has 1 unspecified atom stereocenters. The van der Waals surface area contributed by atoms with Crippen molar-refractivity contribution in [2.75, 3.05) is 11.4 Å². The Kier molecular flexibility index (Phi) is 4.95. The minimum atomic E-state index is -0.555. The molecule has 2 aromatic rings. The average molecular weight is 359 g/mol. The molecule has 0 aliphatic carbocycles. The van der Waals surface area contributed by atoms with Gasteiger partial charge in [-0.15, -0.1) is 0 Å². The van der Waals surface area contributed by atoms with Gasteiger partial charge in [0.05, 0.1) is 11.5 Å². The van der Waals surface area contributed by atoms with Crippen molar-refractivity contribution in [1.82, 2.24) is 15.8 Å². The van der Waals surface area contributed by atoms with E-state index in [1.54, 1.807) is 42.6 Å². The van der Waals surface area contributed by atoms with E-state index in [0.29, 0.717) is 16.3 Å². The summed E-state index contributed by atoms with van der Waals surface area (Å²) in [6.07, 6.45) is 3.01. The summed E-state index contributed by atoms with van der Waals surface area (Å²) >= 11 is 5.94. The van der Waals surface area contributed by atoms with Crippen LogP contribution in [0, 0.1) is 5.92 Å². The summed E-state index contributed by atoms with van der Waals surface area (Å²) in [4.78, 5) is 41.6. The number of nitrogens with zero attached hydrogens (tertiary/aromatic N) is 2. The van der Waals surface area contributed by atoms with Gasteiger partial charge in [0.25, 0.3) is 5.91 Å². The predicted molar refractivity (Wildman–Crippen MR) is 91.8 cm³/mol. The fourth-order valence-corrected chi connectivity index (χ4v) is 2.75. The van der Waals surface area contributed by atoms with Crippen LogP contribution in [0.4, 0.5) is 5.69 Å². The van der Waals surface area contributed by atoms with E-state index in [9.17, 15) is 14.4 Å². The van der Waals surface area contributed by atoms with Crippen LogP contribution in [-0.4, -0.2) is 29.3 Å². The number of carbonyl (C=O) groups excluding carboxylic acids is 3. The second-order valence-corrected chi connectivity index (χ2v) is 6.01. The molecule has 1 fully saturated rings. The summed E-state index contributed by atoms with van der Waals surface area (Å²) < 4.78 is 0. The number of pyridine rings is 1. The van der Waals surface area contributed by atoms with Gasteiger partial charge in [-0.2, -0.15) is 0 Å². The smallest absolute Gasteiger partial charge is 0.271 e. The number of carbonyl (C=O) groups is 3. The predicted octanol–water partition coefficient (Wildman–Crippen LogP) is 1.55. The van der Waals surface area contributed by atoms with E-state index in [1.807, 2.05) is 0 Å². The van der Waals surface area contributed by atoms with Crippen LogP contribution in [0.25, 0.3) is 0 Å². The van der Waals surface area contributed by atoms with E-state index in [-0.39, 0.29) is 18.9 Å². The van der Waals surface area contributed by atoms with Gasteiger partial charge in [-0.05, 0) is 30.3 Å². The monoisotopic (exact) mass is 358 g/mol. The van der Waals surface area contributed by atoms with Crippen molar-refractivity contribution < 1.29 is 14.4 Å². The van der Waals surface area contributed by atoms with Crippen LogP contribution in [0.3, 0.4) is 0 Å². The van der Waals surface area contributed by atoms with Gasteiger partial charge in [0.1, 0.15) is 0 Å². The van der Waals surface area contributed by atoms with E-state index in [1.165, 1.54) is 11.1 Å². The Morgan fingerprint density at radius 1 is 1.20 bits per heavy atom. The highest BCUT2D eigenvalue weighted by atomic mass is 35.5. The highest BCUT2D eigenvalue weighted by molar-refractivity contribution is 6.31. The van der Waals surface area contributed by atoms with Crippen LogP contribution < -0.4 is 15.8 Å². The van der Waals surface area contributed by atoms with Crippen LogP contribution in [0.1, 0.15) is 16.8 Å². The second-order valence-electron chi connectivity index (χ2n) is 5.57. The Morgan fingerprint density at radius 3 is 2.76 bits per heavy atom. The number of amides is 3. The van der Waals surface area contributed by atoms with Crippen LogP contribution in [0.2, 0.25) is 5.02 Å². The SMILES string of the molecule is O=C(NNC(=O)C1CC(=O)N(c2cccc(Cl)c2)C1)c1cccnc1. The molecule has 1 aliphatic rings. The van der Waals surface area contributed by atoms with E-state index in [4.69, 9.17) is 11.6 Å². The quantitative estimate of drug-likeness (QED) is 0.814. The number of hydrazine groups is 1. The largest absolute Gasteiger partial charge is 0.312 e. The van der Waals surface area contributed by atoms with E-state index >= 15 is 0 Å². The zero-order valence-electron chi connectivity index (χ0n) is 13.1. The summed E-state index contributed by atoms with van der Waals surface area (Å²) in [6.45, 7) is 0.230. The summed E-state index contributed by atoms with van der Waals surface area (Å²) in [5, 5.41) is 0.516. The van der Waals surface area contributed by atoms with Gasteiger partial charge < -0.3 is 4.90 Å². The number of benzene rings is 1. The molecule has 1 aromatic carbocycles. The van der Waals surface area contributed by atoms with Crippen molar-refractivity contribution in [3.8, 4) is 0 Å². The number of nitrogens with one attached hydrogen (secondary N) is 2. The van der Waals surface area contributed by atoms with Crippen LogP contribution in [-0.2, 0) is 9.59 Å². The van der Waals surface area contributed by atoms with Crippen LogP contribution in [0.5, 0.6) is 0 Å². The summed E-state index contributed by atoms with van der Waals surface area (Å²) in [5.74, 6) is -1.62. The molecule has 1 atom stereocenters. The molecule has 0 radical (unpaired) electrons. The lowest BCUT2D eigenvalue weighted by atomic mass is 10.1. The maximum atomic E-state index is 12.2. The molecule has 0 spiro atoms. The zero-order valence-corrected chi connectivity index (χ0v) is 13.9. The van der Waals surface area contributed by atoms with Gasteiger partial charge in [-0.1, -0.05) is 17.7 Å². The Labute approximate surface area is 149 Å². The lowest BCUT2D eigenvalue weighted by Gasteiger charge is -2.17. The number of rotatable bonds is 3. The lowest BCUT2D eigenvalue weighted by molar-refractivity contribution is -0.126. The molecular formula is C17H15ClN4O3. The number of halogens is 1. The molecule has 1 aromatic heterocycles. The molecule has 1 aliphatic heterocycles. The van der Waals surface area contributed by atoms with Gasteiger partial charge in [0.15, 0.2) is 0 Å². The average Bonchev–Trinajstić information content (AvgIpc) is 3.02. The summed E-state index contributed by atoms with van der Waals surface area (Å²) in [5.41, 5.74) is 5.65. The third-order valence-electron chi connectivity index (χ3n) is 3.84.